The number of para-hydroxylation sites is 2. The predicted molar refractivity (Wildman–Crippen MR) is 186 cm³/mol. The number of rotatable bonds is 2. The lowest BCUT2D eigenvalue weighted by Crippen LogP contribution is -1.95. The Hall–Kier alpha value is -5.38. The second kappa shape index (κ2) is 8.57. The Labute approximate surface area is 251 Å². The van der Waals surface area contributed by atoms with E-state index in [1.165, 1.54) is 85.9 Å². The van der Waals surface area contributed by atoms with Gasteiger partial charge < -0.3 is 9.13 Å². The minimum atomic E-state index is 1.19. The molecule has 0 atom stereocenters. The van der Waals surface area contributed by atoms with Gasteiger partial charge in [0.15, 0.2) is 0 Å². The molecule has 2 nitrogen and oxygen atoms in total. The van der Waals surface area contributed by atoms with Gasteiger partial charge in [0.2, 0.25) is 0 Å². The van der Waals surface area contributed by atoms with E-state index in [0.29, 0.717) is 0 Å². The molecule has 0 fully saturated rings. The monoisotopic (exact) mass is 564 g/mol. The third-order valence-corrected chi connectivity index (χ3v) is 10.2. The van der Waals surface area contributed by atoms with Crippen LogP contribution in [-0.4, -0.2) is 9.13 Å². The summed E-state index contributed by atoms with van der Waals surface area (Å²) >= 11 is 1.87. The Morgan fingerprint density at radius 2 is 0.953 bits per heavy atom. The lowest BCUT2D eigenvalue weighted by atomic mass is 10.1. The Morgan fingerprint density at radius 3 is 1.74 bits per heavy atom. The molecule has 0 spiro atoms. The van der Waals surface area contributed by atoms with Gasteiger partial charge in [-0.25, -0.2) is 0 Å². The van der Waals surface area contributed by atoms with Crippen LogP contribution in [0.3, 0.4) is 0 Å². The number of benzene rings is 7. The summed E-state index contributed by atoms with van der Waals surface area (Å²) in [6.07, 6.45) is 0. The molecule has 43 heavy (non-hydrogen) atoms. The normalized spacial score (nSPS) is 12.2. The summed E-state index contributed by atoms with van der Waals surface area (Å²) in [6, 6.07) is 53.4. The first kappa shape index (κ1) is 23.2. The van der Waals surface area contributed by atoms with Crippen LogP contribution in [-0.2, 0) is 0 Å². The minimum absolute atomic E-state index is 1.19. The first-order valence-electron chi connectivity index (χ1n) is 14.7. The Balaban J connectivity index is 1.36. The van der Waals surface area contributed by atoms with Crippen molar-refractivity contribution in [1.82, 2.24) is 9.13 Å². The van der Waals surface area contributed by atoms with E-state index in [1.54, 1.807) is 0 Å². The summed E-state index contributed by atoms with van der Waals surface area (Å²) in [7, 11) is 0. The van der Waals surface area contributed by atoms with Crippen molar-refractivity contribution >= 4 is 85.9 Å². The molecule has 0 aliphatic carbocycles. The van der Waals surface area contributed by atoms with Crippen molar-refractivity contribution < 1.29 is 0 Å². The molecular weight excluding hydrogens is 541 g/mol. The predicted octanol–water partition coefficient (Wildman–Crippen LogP) is 11.4. The topological polar surface area (TPSA) is 9.86 Å². The fraction of sp³-hybridized carbons (Fsp3) is 0. The number of fused-ring (bicyclic) bond motifs is 11. The molecule has 3 aromatic heterocycles. The second-order valence-corrected chi connectivity index (χ2v) is 12.4. The Bertz CT molecular complexity index is 2730. The number of aromatic nitrogens is 2. The molecule has 0 aliphatic heterocycles. The Morgan fingerprint density at radius 1 is 0.372 bits per heavy atom. The van der Waals surface area contributed by atoms with Crippen molar-refractivity contribution in [2.75, 3.05) is 0 Å². The molecule has 0 bridgehead atoms. The molecule has 3 heterocycles. The average molecular weight is 565 g/mol. The van der Waals surface area contributed by atoms with Gasteiger partial charge in [-0.15, -0.1) is 11.3 Å². The fourth-order valence-corrected chi connectivity index (χ4v) is 8.40. The molecule has 0 radical (unpaired) electrons. The van der Waals surface area contributed by atoms with Crippen LogP contribution in [0.1, 0.15) is 0 Å². The van der Waals surface area contributed by atoms with Crippen molar-refractivity contribution in [1.29, 1.82) is 0 Å². The molecule has 10 aromatic rings. The zero-order chi connectivity index (χ0) is 28.1. The first-order valence-corrected chi connectivity index (χ1v) is 15.5. The van der Waals surface area contributed by atoms with E-state index in [0.717, 1.165) is 0 Å². The molecular formula is C40H24N2S. The highest BCUT2D eigenvalue weighted by Gasteiger charge is 2.21. The number of thiophene rings is 1. The maximum atomic E-state index is 2.46. The highest BCUT2D eigenvalue weighted by Crippen LogP contribution is 2.43. The van der Waals surface area contributed by atoms with Gasteiger partial charge in [0, 0.05) is 52.8 Å². The maximum Gasteiger partial charge on any atom is 0.0549 e. The molecule has 0 aliphatic rings. The van der Waals surface area contributed by atoms with Crippen LogP contribution in [0, 0.1) is 0 Å². The zero-order valence-electron chi connectivity index (χ0n) is 23.2. The minimum Gasteiger partial charge on any atom is -0.309 e. The standard InChI is InChI=1S/C40H24N2S/c1-2-12-27-25(10-1)11-9-18-32(27)42-34-17-7-4-15-30(34)40-36(42)22-21-35-39(40)29-14-3-6-16-33(29)41(35)26-20-23-38-31(24-26)28-13-5-8-19-37(28)43-38/h1-24H. The van der Waals surface area contributed by atoms with E-state index < -0.39 is 0 Å². The van der Waals surface area contributed by atoms with Crippen LogP contribution in [0.25, 0.3) is 85.9 Å². The van der Waals surface area contributed by atoms with Crippen LogP contribution in [0.5, 0.6) is 0 Å². The van der Waals surface area contributed by atoms with Gasteiger partial charge in [-0.05, 0) is 60.0 Å². The van der Waals surface area contributed by atoms with E-state index in [2.05, 4.69) is 155 Å². The van der Waals surface area contributed by atoms with Crippen molar-refractivity contribution in [3.05, 3.63) is 146 Å². The van der Waals surface area contributed by atoms with Crippen molar-refractivity contribution in [3.63, 3.8) is 0 Å². The number of nitrogens with zero attached hydrogens (tertiary/aromatic N) is 2. The summed E-state index contributed by atoms with van der Waals surface area (Å²) in [6.45, 7) is 0. The summed E-state index contributed by atoms with van der Waals surface area (Å²) in [5.41, 5.74) is 7.32. The molecule has 3 heteroatoms. The lowest BCUT2D eigenvalue weighted by molar-refractivity contribution is 1.18. The third-order valence-electron chi connectivity index (χ3n) is 9.10. The Kier molecular flexibility index (Phi) is 4.63. The molecule has 0 unspecified atom stereocenters. The van der Waals surface area contributed by atoms with Crippen molar-refractivity contribution in [2.45, 2.75) is 0 Å². The van der Waals surface area contributed by atoms with E-state index >= 15 is 0 Å². The second-order valence-electron chi connectivity index (χ2n) is 11.3. The van der Waals surface area contributed by atoms with E-state index in [1.807, 2.05) is 11.3 Å². The van der Waals surface area contributed by atoms with Gasteiger partial charge in [-0.3, -0.25) is 0 Å². The van der Waals surface area contributed by atoms with Crippen molar-refractivity contribution in [2.24, 2.45) is 0 Å². The third kappa shape index (κ3) is 3.12. The molecule has 7 aromatic carbocycles. The average Bonchev–Trinajstić information content (AvgIpc) is 3.71. The number of hydrogen-bond acceptors (Lipinski definition) is 1. The largest absolute Gasteiger partial charge is 0.309 e. The summed E-state index contributed by atoms with van der Waals surface area (Å²) < 4.78 is 7.58. The first-order chi connectivity index (χ1) is 21.3. The molecule has 0 saturated heterocycles. The molecule has 0 amide bonds. The van der Waals surface area contributed by atoms with Gasteiger partial charge in [0.25, 0.3) is 0 Å². The SMILES string of the molecule is c1ccc2c(-n3c4ccccc4c4c5c6ccccc6n(-c6ccc7sc8ccccc8c7c6)c5ccc43)cccc2c1. The zero-order valence-corrected chi connectivity index (χ0v) is 24.0. The van der Waals surface area contributed by atoms with Gasteiger partial charge in [0.1, 0.15) is 0 Å². The van der Waals surface area contributed by atoms with Crippen LogP contribution in [0.4, 0.5) is 0 Å². The van der Waals surface area contributed by atoms with E-state index in [-0.39, 0.29) is 0 Å². The lowest BCUT2D eigenvalue weighted by Gasteiger charge is -2.12. The summed E-state index contributed by atoms with van der Waals surface area (Å²) in [5, 5.41) is 10.3. The molecule has 0 N–H and O–H groups in total. The van der Waals surface area contributed by atoms with Crippen LogP contribution >= 0.6 is 11.3 Å². The molecule has 0 saturated carbocycles. The summed E-state index contributed by atoms with van der Waals surface area (Å²) in [4.78, 5) is 0. The molecule has 10 rings (SSSR count). The van der Waals surface area contributed by atoms with E-state index in [4.69, 9.17) is 0 Å². The van der Waals surface area contributed by atoms with Gasteiger partial charge in [-0.2, -0.15) is 0 Å². The van der Waals surface area contributed by atoms with Gasteiger partial charge >= 0.3 is 0 Å². The quantitative estimate of drug-likeness (QED) is 0.198. The number of hydrogen-bond donors (Lipinski definition) is 0. The smallest absolute Gasteiger partial charge is 0.0549 e. The molecule has 200 valence electrons. The van der Waals surface area contributed by atoms with Crippen LogP contribution in [0.2, 0.25) is 0 Å². The fourth-order valence-electron chi connectivity index (χ4n) is 7.31. The van der Waals surface area contributed by atoms with Gasteiger partial charge in [0.05, 0.1) is 27.8 Å². The summed E-state index contributed by atoms with van der Waals surface area (Å²) in [5.74, 6) is 0. The van der Waals surface area contributed by atoms with E-state index in [9.17, 15) is 0 Å². The highest BCUT2D eigenvalue weighted by atomic mass is 32.1. The van der Waals surface area contributed by atoms with Crippen LogP contribution < -0.4 is 0 Å². The van der Waals surface area contributed by atoms with Crippen molar-refractivity contribution in [3.8, 4) is 11.4 Å². The maximum absolute atomic E-state index is 2.46. The van der Waals surface area contributed by atoms with Crippen LogP contribution in [0.15, 0.2) is 146 Å². The highest BCUT2D eigenvalue weighted by molar-refractivity contribution is 7.25. The van der Waals surface area contributed by atoms with Gasteiger partial charge in [-0.1, -0.05) is 91.0 Å².